The van der Waals surface area contributed by atoms with Gasteiger partial charge in [0, 0.05) is 6.20 Å². The van der Waals surface area contributed by atoms with Crippen molar-refractivity contribution in [2.75, 3.05) is 0 Å². The first-order valence-electron chi connectivity index (χ1n) is 4.15. The van der Waals surface area contributed by atoms with E-state index in [0.29, 0.717) is 5.69 Å². The summed E-state index contributed by atoms with van der Waals surface area (Å²) in [5.41, 5.74) is -0.535. The third-order valence-corrected chi connectivity index (χ3v) is 2.40. The normalized spacial score (nSPS) is 29.3. The van der Waals surface area contributed by atoms with Gasteiger partial charge in [0.05, 0.1) is 5.69 Å². The first kappa shape index (κ1) is 8.21. The Balaban J connectivity index is 2.44. The summed E-state index contributed by atoms with van der Waals surface area (Å²) < 4.78 is 5.40. The van der Waals surface area contributed by atoms with Gasteiger partial charge in [-0.15, -0.1) is 0 Å². The summed E-state index contributed by atoms with van der Waals surface area (Å²) in [5.74, 6) is 0. The zero-order valence-electron chi connectivity index (χ0n) is 7.61. The molecule has 1 aliphatic rings. The molecule has 1 saturated heterocycles. The SMILES string of the molecule is CC1(C)OC1(C#N)c1ccccn1. The molecule has 3 heteroatoms. The number of hydrogen-bond acceptors (Lipinski definition) is 3. The molecule has 1 aliphatic heterocycles. The van der Waals surface area contributed by atoms with Gasteiger partial charge < -0.3 is 4.74 Å². The minimum Gasteiger partial charge on any atom is -0.341 e. The quantitative estimate of drug-likeness (QED) is 0.608. The average Bonchev–Trinajstić information content (AvgIpc) is 2.72. The summed E-state index contributed by atoms with van der Waals surface area (Å²) >= 11 is 0. The lowest BCUT2D eigenvalue weighted by molar-refractivity contribution is 0.302. The predicted octanol–water partition coefficient (Wildman–Crippen LogP) is 1.61. The van der Waals surface area contributed by atoms with Gasteiger partial charge in [-0.05, 0) is 26.0 Å². The lowest BCUT2D eigenvalue weighted by Gasteiger charge is -2.03. The summed E-state index contributed by atoms with van der Waals surface area (Å²) in [5, 5.41) is 9.03. The summed E-state index contributed by atoms with van der Waals surface area (Å²) in [7, 11) is 0. The third kappa shape index (κ3) is 0.958. The lowest BCUT2D eigenvalue weighted by atomic mass is 9.94. The number of pyridine rings is 1. The van der Waals surface area contributed by atoms with Crippen LogP contribution in [0.1, 0.15) is 19.5 Å². The number of aromatic nitrogens is 1. The first-order valence-corrected chi connectivity index (χ1v) is 4.15. The standard InChI is InChI=1S/C10H10N2O/c1-9(2)10(7-11,13-9)8-5-3-4-6-12-8/h3-6H,1-2H3. The molecule has 1 aromatic heterocycles. The molecule has 1 fully saturated rings. The fraction of sp³-hybridized carbons (Fsp3) is 0.400. The molecule has 0 aromatic carbocycles. The minimum absolute atomic E-state index is 0.407. The van der Waals surface area contributed by atoms with Crippen molar-refractivity contribution in [2.45, 2.75) is 25.0 Å². The third-order valence-electron chi connectivity index (χ3n) is 2.40. The van der Waals surface area contributed by atoms with Crippen molar-refractivity contribution in [2.24, 2.45) is 0 Å². The Morgan fingerprint density at radius 1 is 1.46 bits per heavy atom. The van der Waals surface area contributed by atoms with Crippen molar-refractivity contribution >= 4 is 0 Å². The molecule has 2 rings (SSSR count). The Labute approximate surface area is 77.0 Å². The zero-order chi connectivity index (χ0) is 9.53. The Morgan fingerprint density at radius 2 is 2.15 bits per heavy atom. The topological polar surface area (TPSA) is 49.2 Å². The maximum atomic E-state index is 9.03. The fourth-order valence-electron chi connectivity index (χ4n) is 1.50. The average molecular weight is 174 g/mol. The summed E-state index contributed by atoms with van der Waals surface area (Å²) in [6.07, 6.45) is 1.67. The maximum absolute atomic E-state index is 9.03. The van der Waals surface area contributed by atoms with E-state index in [1.165, 1.54) is 0 Å². The van der Waals surface area contributed by atoms with Gasteiger partial charge in [0.1, 0.15) is 11.7 Å². The molecule has 13 heavy (non-hydrogen) atoms. The van der Waals surface area contributed by atoms with Crippen LogP contribution in [0.15, 0.2) is 24.4 Å². The Morgan fingerprint density at radius 3 is 2.54 bits per heavy atom. The van der Waals surface area contributed by atoms with Crippen molar-refractivity contribution in [1.82, 2.24) is 4.98 Å². The maximum Gasteiger partial charge on any atom is 0.225 e. The Bertz CT molecular complexity index is 366. The number of hydrogen-bond donors (Lipinski definition) is 0. The highest BCUT2D eigenvalue weighted by Gasteiger charge is 2.67. The van der Waals surface area contributed by atoms with Crippen molar-refractivity contribution in [1.29, 1.82) is 5.26 Å². The van der Waals surface area contributed by atoms with Gasteiger partial charge in [-0.1, -0.05) is 6.07 Å². The number of epoxide rings is 1. The van der Waals surface area contributed by atoms with E-state index in [2.05, 4.69) is 11.1 Å². The van der Waals surface area contributed by atoms with Crippen LogP contribution in [-0.2, 0) is 10.3 Å². The molecule has 0 N–H and O–H groups in total. The van der Waals surface area contributed by atoms with Gasteiger partial charge in [0.2, 0.25) is 5.60 Å². The molecule has 0 radical (unpaired) electrons. The largest absolute Gasteiger partial charge is 0.341 e. The van der Waals surface area contributed by atoms with E-state index in [0.717, 1.165) is 0 Å². The number of rotatable bonds is 1. The van der Waals surface area contributed by atoms with E-state index in [1.807, 2.05) is 32.0 Å². The highest BCUT2D eigenvalue weighted by molar-refractivity contribution is 5.35. The van der Waals surface area contributed by atoms with E-state index < -0.39 is 11.2 Å². The van der Waals surface area contributed by atoms with Crippen molar-refractivity contribution < 1.29 is 4.74 Å². The highest BCUT2D eigenvalue weighted by Crippen LogP contribution is 2.53. The van der Waals surface area contributed by atoms with Crippen molar-refractivity contribution in [3.05, 3.63) is 30.1 Å². The van der Waals surface area contributed by atoms with Crippen LogP contribution in [0.2, 0.25) is 0 Å². The van der Waals surface area contributed by atoms with Gasteiger partial charge in [0.25, 0.3) is 0 Å². The zero-order valence-corrected chi connectivity index (χ0v) is 7.61. The fourth-order valence-corrected chi connectivity index (χ4v) is 1.50. The lowest BCUT2D eigenvalue weighted by Crippen LogP contribution is -2.17. The van der Waals surface area contributed by atoms with E-state index in [4.69, 9.17) is 10.00 Å². The van der Waals surface area contributed by atoms with Gasteiger partial charge in [-0.3, -0.25) is 4.98 Å². The molecule has 2 heterocycles. The molecular weight excluding hydrogens is 164 g/mol. The van der Waals surface area contributed by atoms with Gasteiger partial charge in [-0.25, -0.2) is 0 Å². The van der Waals surface area contributed by atoms with E-state index >= 15 is 0 Å². The summed E-state index contributed by atoms with van der Waals surface area (Å²) in [6, 6.07) is 7.68. The second-order valence-electron chi connectivity index (χ2n) is 3.62. The van der Waals surface area contributed by atoms with Crippen LogP contribution < -0.4 is 0 Å². The monoisotopic (exact) mass is 174 g/mol. The summed E-state index contributed by atoms with van der Waals surface area (Å²) in [4.78, 5) is 4.13. The number of nitriles is 1. The van der Waals surface area contributed by atoms with Crippen LogP contribution in [0.3, 0.4) is 0 Å². The van der Waals surface area contributed by atoms with E-state index in [-0.39, 0.29) is 0 Å². The Kier molecular flexibility index (Phi) is 1.45. The first-order chi connectivity index (χ1) is 6.12. The van der Waals surface area contributed by atoms with Crippen LogP contribution in [0.4, 0.5) is 0 Å². The Hall–Kier alpha value is -1.40. The van der Waals surface area contributed by atoms with Crippen LogP contribution in [0.25, 0.3) is 0 Å². The molecule has 3 nitrogen and oxygen atoms in total. The molecule has 0 saturated carbocycles. The smallest absolute Gasteiger partial charge is 0.225 e. The predicted molar refractivity (Wildman–Crippen MR) is 46.7 cm³/mol. The van der Waals surface area contributed by atoms with Crippen LogP contribution in [-0.4, -0.2) is 10.6 Å². The molecule has 0 spiro atoms. The van der Waals surface area contributed by atoms with Crippen LogP contribution >= 0.6 is 0 Å². The second kappa shape index (κ2) is 2.30. The van der Waals surface area contributed by atoms with Crippen molar-refractivity contribution in [3.63, 3.8) is 0 Å². The number of nitrogens with zero attached hydrogens (tertiary/aromatic N) is 2. The molecule has 1 atom stereocenters. The van der Waals surface area contributed by atoms with Gasteiger partial charge in [-0.2, -0.15) is 5.26 Å². The second-order valence-corrected chi connectivity index (χ2v) is 3.62. The molecular formula is C10H10N2O. The molecule has 1 aromatic rings. The number of ether oxygens (including phenoxy) is 1. The van der Waals surface area contributed by atoms with E-state index in [1.54, 1.807) is 6.20 Å². The van der Waals surface area contributed by atoms with Crippen LogP contribution in [0, 0.1) is 11.3 Å². The molecule has 0 bridgehead atoms. The molecule has 66 valence electrons. The minimum atomic E-state index is -0.825. The molecule has 0 amide bonds. The van der Waals surface area contributed by atoms with Crippen LogP contribution in [0.5, 0.6) is 0 Å². The highest BCUT2D eigenvalue weighted by atomic mass is 16.6. The van der Waals surface area contributed by atoms with E-state index in [9.17, 15) is 0 Å². The van der Waals surface area contributed by atoms with Gasteiger partial charge in [0.15, 0.2) is 0 Å². The summed E-state index contributed by atoms with van der Waals surface area (Å²) in [6.45, 7) is 3.79. The van der Waals surface area contributed by atoms with Crippen molar-refractivity contribution in [3.8, 4) is 6.07 Å². The molecule has 1 unspecified atom stereocenters. The van der Waals surface area contributed by atoms with Gasteiger partial charge >= 0.3 is 0 Å². The molecule has 0 aliphatic carbocycles.